The number of nitrogens with zero attached hydrogens (tertiary/aromatic N) is 1. The van der Waals surface area contributed by atoms with E-state index in [2.05, 4.69) is 30.3 Å². The van der Waals surface area contributed by atoms with Crippen LogP contribution in [-0.2, 0) is 6.54 Å². The van der Waals surface area contributed by atoms with Crippen LogP contribution in [0.1, 0.15) is 43.9 Å². The third-order valence-corrected chi connectivity index (χ3v) is 4.27. The summed E-state index contributed by atoms with van der Waals surface area (Å²) in [4.78, 5) is 2.36. The van der Waals surface area contributed by atoms with Crippen LogP contribution in [-0.4, -0.2) is 31.1 Å². The molecule has 1 aliphatic carbocycles. The average Bonchev–Trinajstić information content (AvgIpc) is 2.75. The maximum Gasteiger partial charge on any atom is 0.105 e. The highest BCUT2D eigenvalue weighted by Crippen LogP contribution is 2.23. The number of hydrogen-bond donors (Lipinski definition) is 1. The minimum Gasteiger partial charge on any atom is -0.469 e. The Labute approximate surface area is 117 Å². The van der Waals surface area contributed by atoms with Crippen LogP contribution in [0.3, 0.4) is 0 Å². The number of likely N-dealkylation sites (N-methyl/N-ethyl adjacent to an activating group) is 1. The minimum absolute atomic E-state index is 0.743. The van der Waals surface area contributed by atoms with E-state index in [1.165, 1.54) is 31.2 Å². The fraction of sp³-hybridized carbons (Fsp3) is 0.750. The van der Waals surface area contributed by atoms with E-state index in [0.29, 0.717) is 0 Å². The van der Waals surface area contributed by atoms with Crippen molar-refractivity contribution in [1.82, 2.24) is 10.2 Å². The van der Waals surface area contributed by atoms with Gasteiger partial charge in [0.15, 0.2) is 0 Å². The molecule has 1 N–H and O–H groups in total. The molecule has 0 aliphatic heterocycles. The molecule has 1 heterocycles. The molecule has 1 aromatic heterocycles. The molecule has 108 valence electrons. The Morgan fingerprint density at radius 1 is 1.42 bits per heavy atom. The molecule has 0 amide bonds. The first-order valence-corrected chi connectivity index (χ1v) is 7.60. The maximum absolute atomic E-state index is 5.33. The molecule has 0 aromatic carbocycles. The third-order valence-electron chi connectivity index (χ3n) is 4.27. The Balaban J connectivity index is 1.64. The quantitative estimate of drug-likeness (QED) is 0.855. The van der Waals surface area contributed by atoms with Gasteiger partial charge in [-0.2, -0.15) is 0 Å². The van der Waals surface area contributed by atoms with Crippen molar-refractivity contribution < 1.29 is 4.42 Å². The molecule has 3 nitrogen and oxygen atoms in total. The van der Waals surface area contributed by atoms with Gasteiger partial charge in [-0.3, -0.25) is 0 Å². The van der Waals surface area contributed by atoms with E-state index in [-0.39, 0.29) is 0 Å². The zero-order valence-corrected chi connectivity index (χ0v) is 12.6. The van der Waals surface area contributed by atoms with Crippen molar-refractivity contribution in [2.75, 3.05) is 20.1 Å². The lowest BCUT2D eigenvalue weighted by Crippen LogP contribution is -2.38. The summed E-state index contributed by atoms with van der Waals surface area (Å²) in [5.74, 6) is 1.94. The molecular weight excluding hydrogens is 236 g/mol. The van der Waals surface area contributed by atoms with Gasteiger partial charge in [-0.05, 0) is 38.8 Å². The van der Waals surface area contributed by atoms with E-state index in [1.807, 2.05) is 6.92 Å². The molecule has 1 fully saturated rings. The zero-order chi connectivity index (χ0) is 13.7. The predicted octanol–water partition coefficient (Wildman–Crippen LogP) is 3.19. The average molecular weight is 264 g/mol. The fourth-order valence-corrected chi connectivity index (χ4v) is 3.02. The second-order valence-corrected chi connectivity index (χ2v) is 6.16. The van der Waals surface area contributed by atoms with Crippen molar-refractivity contribution in [2.24, 2.45) is 5.92 Å². The number of aryl methyl sites for hydroxylation is 1. The van der Waals surface area contributed by atoms with Gasteiger partial charge < -0.3 is 14.6 Å². The highest BCUT2D eigenvalue weighted by atomic mass is 16.3. The first-order chi connectivity index (χ1) is 9.15. The molecule has 0 radical (unpaired) electrons. The van der Waals surface area contributed by atoms with Crippen LogP contribution < -0.4 is 5.32 Å². The number of furan rings is 1. The van der Waals surface area contributed by atoms with E-state index in [1.54, 1.807) is 6.26 Å². The van der Waals surface area contributed by atoms with Crippen LogP contribution in [0.25, 0.3) is 0 Å². The molecule has 0 saturated heterocycles. The number of rotatable bonds is 6. The highest BCUT2D eigenvalue weighted by Gasteiger charge is 2.18. The summed E-state index contributed by atoms with van der Waals surface area (Å²) in [6.07, 6.45) is 7.29. The molecule has 1 aromatic rings. The van der Waals surface area contributed by atoms with Crippen LogP contribution in [0.15, 0.2) is 16.7 Å². The molecule has 1 saturated carbocycles. The largest absolute Gasteiger partial charge is 0.469 e. The van der Waals surface area contributed by atoms with Gasteiger partial charge in [-0.25, -0.2) is 0 Å². The molecular formula is C16H28N2O. The zero-order valence-electron chi connectivity index (χ0n) is 12.6. The monoisotopic (exact) mass is 264 g/mol. The Bertz CT molecular complexity index is 375. The number of nitrogens with one attached hydrogen (secondary N) is 1. The van der Waals surface area contributed by atoms with Gasteiger partial charge in [0.25, 0.3) is 0 Å². The first kappa shape index (κ1) is 14.6. The molecule has 2 atom stereocenters. The molecule has 19 heavy (non-hydrogen) atoms. The van der Waals surface area contributed by atoms with E-state index < -0.39 is 0 Å². The Morgan fingerprint density at radius 2 is 2.26 bits per heavy atom. The molecule has 1 aliphatic rings. The molecule has 2 unspecified atom stereocenters. The van der Waals surface area contributed by atoms with Crippen LogP contribution in [0.2, 0.25) is 0 Å². The topological polar surface area (TPSA) is 28.4 Å². The van der Waals surface area contributed by atoms with E-state index in [0.717, 1.165) is 37.4 Å². The fourth-order valence-electron chi connectivity index (χ4n) is 3.02. The van der Waals surface area contributed by atoms with Crippen LogP contribution in [0.4, 0.5) is 0 Å². The van der Waals surface area contributed by atoms with Crippen LogP contribution >= 0.6 is 0 Å². The lowest BCUT2D eigenvalue weighted by Gasteiger charge is -2.28. The summed E-state index contributed by atoms with van der Waals surface area (Å²) in [7, 11) is 2.18. The van der Waals surface area contributed by atoms with Crippen molar-refractivity contribution in [1.29, 1.82) is 0 Å². The van der Waals surface area contributed by atoms with E-state index >= 15 is 0 Å². The SMILES string of the molecule is Cc1occc1CN(C)CCNC1CCCC(C)C1. The van der Waals surface area contributed by atoms with Gasteiger partial charge in [0, 0.05) is 31.2 Å². The minimum atomic E-state index is 0.743. The van der Waals surface area contributed by atoms with Crippen molar-refractivity contribution in [3.8, 4) is 0 Å². The van der Waals surface area contributed by atoms with E-state index in [4.69, 9.17) is 4.42 Å². The Kier molecular flexibility index (Phi) is 5.46. The normalized spacial score (nSPS) is 24.0. The maximum atomic E-state index is 5.33. The summed E-state index contributed by atoms with van der Waals surface area (Å²) in [6.45, 7) is 7.57. The Morgan fingerprint density at radius 3 is 2.95 bits per heavy atom. The van der Waals surface area contributed by atoms with Crippen LogP contribution in [0, 0.1) is 12.8 Å². The summed E-state index contributed by atoms with van der Waals surface area (Å²) < 4.78 is 5.33. The molecule has 2 rings (SSSR count). The van der Waals surface area contributed by atoms with Gasteiger partial charge >= 0.3 is 0 Å². The first-order valence-electron chi connectivity index (χ1n) is 7.60. The standard InChI is InChI=1S/C16H28N2O/c1-13-5-4-6-16(11-13)17-8-9-18(3)12-15-7-10-19-14(15)2/h7,10,13,16-17H,4-6,8-9,11-12H2,1-3H3. The number of hydrogen-bond acceptors (Lipinski definition) is 3. The second-order valence-electron chi connectivity index (χ2n) is 6.16. The lowest BCUT2D eigenvalue weighted by atomic mass is 9.87. The predicted molar refractivity (Wildman–Crippen MR) is 79.2 cm³/mol. The van der Waals surface area contributed by atoms with Crippen molar-refractivity contribution in [3.05, 3.63) is 23.7 Å². The molecule has 0 bridgehead atoms. The Hall–Kier alpha value is -0.800. The summed E-state index contributed by atoms with van der Waals surface area (Å²) >= 11 is 0. The second kappa shape index (κ2) is 7.11. The molecule has 0 spiro atoms. The van der Waals surface area contributed by atoms with Crippen LogP contribution in [0.5, 0.6) is 0 Å². The highest BCUT2D eigenvalue weighted by molar-refractivity contribution is 5.14. The summed E-state index contributed by atoms with van der Waals surface area (Å²) in [5, 5.41) is 3.71. The van der Waals surface area contributed by atoms with Crippen molar-refractivity contribution in [3.63, 3.8) is 0 Å². The van der Waals surface area contributed by atoms with Crippen molar-refractivity contribution in [2.45, 2.75) is 52.1 Å². The molecule has 3 heteroatoms. The van der Waals surface area contributed by atoms with E-state index in [9.17, 15) is 0 Å². The van der Waals surface area contributed by atoms with Crippen molar-refractivity contribution >= 4 is 0 Å². The van der Waals surface area contributed by atoms with Gasteiger partial charge in [0.1, 0.15) is 5.76 Å². The smallest absolute Gasteiger partial charge is 0.105 e. The van der Waals surface area contributed by atoms with Gasteiger partial charge in [0.05, 0.1) is 6.26 Å². The third kappa shape index (κ3) is 4.66. The van der Waals surface area contributed by atoms with Gasteiger partial charge in [-0.15, -0.1) is 0 Å². The van der Waals surface area contributed by atoms with Gasteiger partial charge in [-0.1, -0.05) is 19.8 Å². The summed E-state index contributed by atoms with van der Waals surface area (Å²) in [6, 6.07) is 2.81. The lowest BCUT2D eigenvalue weighted by molar-refractivity contribution is 0.274. The summed E-state index contributed by atoms with van der Waals surface area (Å²) in [5.41, 5.74) is 1.30. The van der Waals surface area contributed by atoms with Gasteiger partial charge in [0.2, 0.25) is 0 Å².